The molecule has 0 saturated carbocycles. The summed E-state index contributed by atoms with van der Waals surface area (Å²) in [6.07, 6.45) is 2.10. The molecule has 1 atom stereocenters. The van der Waals surface area contributed by atoms with E-state index in [2.05, 4.69) is 27.7 Å². The van der Waals surface area contributed by atoms with Crippen LogP contribution in [0, 0.1) is 0 Å². The monoisotopic (exact) mass is 449 g/mol. The van der Waals surface area contributed by atoms with Gasteiger partial charge in [-0.3, -0.25) is 0 Å². The van der Waals surface area contributed by atoms with Crippen molar-refractivity contribution in [1.82, 2.24) is 10.6 Å². The standard InChI is InChI=1S/C26H31N3O4/c1-4-32-25(30)23-21(16-29-15-7-9-18-8-5-6-10-22(18)29)27-26(31)28-24(23)19-11-13-20(14-12-19)33-17(2)3/h5-6,8,10-14,17,24H,4,7,9,15-16H2,1-3H3,(H2,27,28,31)/t24-/m1/s1. The number of anilines is 1. The SMILES string of the molecule is CCOC(=O)C1=C(CN2CCCc3ccccc32)NC(=O)N[C@@H]1c1ccc(OC(C)C)cc1. The lowest BCUT2D eigenvalue weighted by Gasteiger charge is -2.35. The van der Waals surface area contributed by atoms with Gasteiger partial charge < -0.3 is 25.0 Å². The number of urea groups is 1. The number of carbonyl (C=O) groups is 2. The summed E-state index contributed by atoms with van der Waals surface area (Å²) in [6, 6.07) is 14.8. The first-order valence-corrected chi connectivity index (χ1v) is 11.5. The highest BCUT2D eigenvalue weighted by Crippen LogP contribution is 2.32. The van der Waals surface area contributed by atoms with Crippen LogP contribution in [0.4, 0.5) is 10.5 Å². The van der Waals surface area contributed by atoms with E-state index in [9.17, 15) is 9.59 Å². The molecule has 2 aromatic carbocycles. The van der Waals surface area contributed by atoms with Crippen molar-refractivity contribution >= 4 is 17.7 Å². The van der Waals surface area contributed by atoms with Gasteiger partial charge in [0.25, 0.3) is 0 Å². The summed E-state index contributed by atoms with van der Waals surface area (Å²) >= 11 is 0. The number of amides is 2. The normalized spacial score (nSPS) is 17.9. The molecule has 2 aliphatic heterocycles. The summed E-state index contributed by atoms with van der Waals surface area (Å²) in [6.45, 7) is 7.24. The van der Waals surface area contributed by atoms with Crippen LogP contribution in [0.1, 0.15) is 44.4 Å². The Labute approximate surface area is 194 Å². The van der Waals surface area contributed by atoms with Gasteiger partial charge >= 0.3 is 12.0 Å². The second-order valence-electron chi connectivity index (χ2n) is 8.53. The molecule has 174 valence electrons. The first kappa shape index (κ1) is 22.7. The molecule has 0 unspecified atom stereocenters. The van der Waals surface area contributed by atoms with E-state index in [1.165, 1.54) is 5.56 Å². The predicted molar refractivity (Wildman–Crippen MR) is 127 cm³/mol. The van der Waals surface area contributed by atoms with Crippen molar-refractivity contribution in [2.24, 2.45) is 0 Å². The predicted octanol–water partition coefficient (Wildman–Crippen LogP) is 4.10. The number of ether oxygens (including phenoxy) is 2. The second-order valence-corrected chi connectivity index (χ2v) is 8.53. The zero-order chi connectivity index (χ0) is 23.4. The van der Waals surface area contributed by atoms with Crippen LogP contribution in [0.2, 0.25) is 0 Å². The van der Waals surface area contributed by atoms with E-state index in [1.54, 1.807) is 6.92 Å². The zero-order valence-corrected chi connectivity index (χ0v) is 19.4. The number of para-hydroxylation sites is 1. The molecule has 2 N–H and O–H groups in total. The number of carbonyl (C=O) groups excluding carboxylic acids is 2. The summed E-state index contributed by atoms with van der Waals surface area (Å²) in [7, 11) is 0. The molecule has 2 aliphatic rings. The van der Waals surface area contributed by atoms with Crippen LogP contribution >= 0.6 is 0 Å². The first-order valence-electron chi connectivity index (χ1n) is 11.5. The third-order valence-corrected chi connectivity index (χ3v) is 5.79. The van der Waals surface area contributed by atoms with Gasteiger partial charge in [-0.05, 0) is 62.9 Å². The summed E-state index contributed by atoms with van der Waals surface area (Å²) in [5.41, 5.74) is 4.21. The molecule has 0 bridgehead atoms. The molecule has 2 amide bonds. The molecule has 7 heteroatoms. The van der Waals surface area contributed by atoms with Gasteiger partial charge in [0.15, 0.2) is 0 Å². The molecule has 0 aromatic heterocycles. The summed E-state index contributed by atoms with van der Waals surface area (Å²) in [4.78, 5) is 27.9. The molecule has 0 fully saturated rings. The van der Waals surface area contributed by atoms with Crippen LogP contribution in [0.15, 0.2) is 59.8 Å². The highest BCUT2D eigenvalue weighted by Gasteiger charge is 2.34. The van der Waals surface area contributed by atoms with Gasteiger partial charge in [-0.15, -0.1) is 0 Å². The minimum atomic E-state index is -0.610. The average molecular weight is 450 g/mol. The lowest BCUT2D eigenvalue weighted by molar-refractivity contribution is -0.139. The number of fused-ring (bicyclic) bond motifs is 1. The summed E-state index contributed by atoms with van der Waals surface area (Å²) in [5, 5.41) is 5.78. The van der Waals surface area contributed by atoms with Gasteiger partial charge in [-0.25, -0.2) is 9.59 Å². The van der Waals surface area contributed by atoms with Gasteiger partial charge in [-0.2, -0.15) is 0 Å². The van der Waals surface area contributed by atoms with E-state index in [4.69, 9.17) is 9.47 Å². The van der Waals surface area contributed by atoms with Crippen molar-refractivity contribution in [3.8, 4) is 5.75 Å². The van der Waals surface area contributed by atoms with Gasteiger partial charge in [0, 0.05) is 12.2 Å². The molecule has 33 heavy (non-hydrogen) atoms. The lowest BCUT2D eigenvalue weighted by Crippen LogP contribution is -2.49. The van der Waals surface area contributed by atoms with E-state index >= 15 is 0 Å². The maximum atomic E-state index is 13.1. The minimum absolute atomic E-state index is 0.0587. The van der Waals surface area contributed by atoms with Crippen molar-refractivity contribution in [3.63, 3.8) is 0 Å². The topological polar surface area (TPSA) is 79.9 Å². The Balaban J connectivity index is 1.70. The quantitative estimate of drug-likeness (QED) is 0.622. The smallest absolute Gasteiger partial charge is 0.338 e. The van der Waals surface area contributed by atoms with Crippen molar-refractivity contribution in [1.29, 1.82) is 0 Å². The number of nitrogens with one attached hydrogen (secondary N) is 2. The molecule has 2 heterocycles. The van der Waals surface area contributed by atoms with Crippen molar-refractivity contribution in [2.75, 3.05) is 24.6 Å². The van der Waals surface area contributed by atoms with E-state index < -0.39 is 12.0 Å². The number of esters is 1. The molecule has 0 radical (unpaired) electrons. The van der Waals surface area contributed by atoms with E-state index in [-0.39, 0.29) is 18.7 Å². The molecule has 2 aromatic rings. The maximum Gasteiger partial charge on any atom is 0.338 e. The fraction of sp³-hybridized carbons (Fsp3) is 0.385. The molecule has 4 rings (SSSR count). The summed E-state index contributed by atoms with van der Waals surface area (Å²) < 4.78 is 11.1. The first-order chi connectivity index (χ1) is 16.0. The van der Waals surface area contributed by atoms with Crippen LogP contribution < -0.4 is 20.3 Å². The largest absolute Gasteiger partial charge is 0.491 e. The highest BCUT2D eigenvalue weighted by atomic mass is 16.5. The highest BCUT2D eigenvalue weighted by molar-refractivity contribution is 5.95. The third-order valence-electron chi connectivity index (χ3n) is 5.79. The van der Waals surface area contributed by atoms with Crippen LogP contribution in [-0.2, 0) is 16.0 Å². The van der Waals surface area contributed by atoms with Crippen molar-refractivity contribution in [2.45, 2.75) is 45.8 Å². The fourth-order valence-corrected chi connectivity index (χ4v) is 4.42. The van der Waals surface area contributed by atoms with Gasteiger partial charge in [0.1, 0.15) is 5.75 Å². The third kappa shape index (κ3) is 5.13. The zero-order valence-electron chi connectivity index (χ0n) is 19.4. The Kier molecular flexibility index (Phi) is 6.87. The van der Waals surface area contributed by atoms with Crippen molar-refractivity contribution in [3.05, 3.63) is 70.9 Å². The van der Waals surface area contributed by atoms with E-state index in [1.807, 2.05) is 50.2 Å². The number of hydrogen-bond donors (Lipinski definition) is 2. The Hall–Kier alpha value is -3.48. The second kappa shape index (κ2) is 9.98. The Morgan fingerprint density at radius 1 is 1.15 bits per heavy atom. The molecule has 0 spiro atoms. The molecular weight excluding hydrogens is 418 g/mol. The number of rotatable bonds is 7. The van der Waals surface area contributed by atoms with Crippen LogP contribution in [0.5, 0.6) is 5.75 Å². The maximum absolute atomic E-state index is 13.1. The lowest BCUT2D eigenvalue weighted by atomic mass is 9.94. The van der Waals surface area contributed by atoms with Crippen LogP contribution in [0.25, 0.3) is 0 Å². The number of nitrogens with zero attached hydrogens (tertiary/aromatic N) is 1. The molecule has 7 nitrogen and oxygen atoms in total. The van der Waals surface area contributed by atoms with Gasteiger partial charge in [-0.1, -0.05) is 30.3 Å². The average Bonchev–Trinajstić information content (AvgIpc) is 2.79. The van der Waals surface area contributed by atoms with Gasteiger partial charge in [0.05, 0.1) is 36.6 Å². The van der Waals surface area contributed by atoms with E-state index in [0.29, 0.717) is 17.8 Å². The Morgan fingerprint density at radius 3 is 2.64 bits per heavy atom. The molecule has 0 saturated heterocycles. The Morgan fingerprint density at radius 2 is 1.91 bits per heavy atom. The number of aryl methyl sites for hydroxylation is 1. The van der Waals surface area contributed by atoms with Crippen molar-refractivity contribution < 1.29 is 19.1 Å². The Bertz CT molecular complexity index is 1050. The molecular formula is C26H31N3O4. The number of hydrogen-bond acceptors (Lipinski definition) is 5. The minimum Gasteiger partial charge on any atom is -0.491 e. The van der Waals surface area contributed by atoms with Crippen LogP contribution in [-0.4, -0.2) is 37.8 Å². The van der Waals surface area contributed by atoms with E-state index in [0.717, 1.165) is 36.4 Å². The summed E-state index contributed by atoms with van der Waals surface area (Å²) in [5.74, 6) is 0.304. The molecule has 0 aliphatic carbocycles. The van der Waals surface area contributed by atoms with Gasteiger partial charge in [0.2, 0.25) is 0 Å². The van der Waals surface area contributed by atoms with Crippen LogP contribution in [0.3, 0.4) is 0 Å². The fourth-order valence-electron chi connectivity index (χ4n) is 4.42. The number of benzene rings is 2.